The molecule has 0 bridgehead atoms. The summed E-state index contributed by atoms with van der Waals surface area (Å²) in [5.41, 5.74) is 15.3. The van der Waals surface area contributed by atoms with Crippen LogP contribution in [0.15, 0.2) is 96.9 Å². The molecule has 4 aromatic rings. The molecule has 36 heavy (non-hydrogen) atoms. The van der Waals surface area contributed by atoms with Crippen LogP contribution in [0.5, 0.6) is 0 Å². The molecule has 0 saturated carbocycles. The Morgan fingerprint density at radius 2 is 1.86 bits per heavy atom. The Bertz CT molecular complexity index is 1460. The zero-order valence-corrected chi connectivity index (χ0v) is 21.8. The van der Waals surface area contributed by atoms with Crippen molar-refractivity contribution in [1.82, 2.24) is 9.88 Å². The number of hydrogen-bond donors (Lipinski definition) is 1. The van der Waals surface area contributed by atoms with Crippen LogP contribution in [0.25, 0.3) is 16.6 Å². The van der Waals surface area contributed by atoms with Crippen LogP contribution in [0.4, 0.5) is 0 Å². The van der Waals surface area contributed by atoms with Crippen molar-refractivity contribution in [2.24, 2.45) is 0 Å². The van der Waals surface area contributed by atoms with Gasteiger partial charge >= 0.3 is 0 Å². The highest BCUT2D eigenvalue weighted by atomic mass is 15.1. The van der Waals surface area contributed by atoms with E-state index in [0.29, 0.717) is 0 Å². The third kappa shape index (κ3) is 4.57. The number of nitrogens with zero attached hydrogens (tertiary/aromatic N) is 1. The Morgan fingerprint density at radius 1 is 1.00 bits per heavy atom. The van der Waals surface area contributed by atoms with Gasteiger partial charge in [-0.05, 0) is 61.4 Å². The first-order chi connectivity index (χ1) is 17.6. The number of H-pyrrole nitrogens is 1. The van der Waals surface area contributed by atoms with Gasteiger partial charge in [0.1, 0.15) is 0 Å². The van der Waals surface area contributed by atoms with Crippen molar-refractivity contribution in [3.8, 4) is 0 Å². The Hall–Kier alpha value is -3.74. The average Bonchev–Trinajstić information content (AvgIpc) is 3.26. The molecule has 2 heterocycles. The van der Waals surface area contributed by atoms with Gasteiger partial charge < -0.3 is 9.88 Å². The molecule has 1 aromatic heterocycles. The van der Waals surface area contributed by atoms with Crippen LogP contribution in [0, 0.1) is 13.8 Å². The molecule has 1 aliphatic heterocycles. The normalized spacial score (nSPS) is 14.8. The summed E-state index contributed by atoms with van der Waals surface area (Å²) in [6, 6.07) is 24.5. The van der Waals surface area contributed by atoms with Crippen molar-refractivity contribution in [3.05, 3.63) is 130 Å². The fraction of sp³-hybridized carbons (Fsp3) is 0.265. The third-order valence-corrected chi connectivity index (χ3v) is 7.67. The van der Waals surface area contributed by atoms with E-state index in [9.17, 15) is 0 Å². The third-order valence-electron chi connectivity index (χ3n) is 7.67. The van der Waals surface area contributed by atoms with Crippen LogP contribution >= 0.6 is 0 Å². The molecule has 1 aliphatic rings. The summed E-state index contributed by atoms with van der Waals surface area (Å²) in [5, 5.41) is 1.22. The fourth-order valence-electron chi connectivity index (χ4n) is 5.81. The van der Waals surface area contributed by atoms with Crippen molar-refractivity contribution in [1.29, 1.82) is 0 Å². The minimum atomic E-state index is 0.281. The van der Waals surface area contributed by atoms with Gasteiger partial charge in [0.05, 0.1) is 11.2 Å². The van der Waals surface area contributed by atoms with Crippen molar-refractivity contribution in [3.63, 3.8) is 0 Å². The molecule has 0 fully saturated rings. The molecular formula is C34H36N2. The minimum absolute atomic E-state index is 0.281. The molecule has 2 heteroatoms. The smallest absolute Gasteiger partial charge is 0.0888 e. The van der Waals surface area contributed by atoms with Gasteiger partial charge in [-0.25, -0.2) is 0 Å². The molecule has 0 aliphatic carbocycles. The summed E-state index contributed by atoms with van der Waals surface area (Å²) >= 11 is 0. The SMILES string of the molecule is C=C=C(c1cccc2cc[nH]c12)N1CCC=C(C(c2ccccc2C)c2cc(C)ccc2CC)CC1. The zero-order chi connectivity index (χ0) is 25.1. The predicted molar refractivity (Wildman–Crippen MR) is 153 cm³/mol. The Labute approximate surface area is 215 Å². The summed E-state index contributed by atoms with van der Waals surface area (Å²) in [7, 11) is 0. The first kappa shape index (κ1) is 24.0. The van der Waals surface area contributed by atoms with E-state index in [1.807, 2.05) is 6.20 Å². The standard InChI is InChI=1S/C34H36N2/c1-5-26-17-16-24(3)23-31(26)33(29-14-8-7-11-25(29)4)27-13-10-21-36(22-19-27)32(6-2)30-15-9-12-28-18-20-35-34(28)30/h7-9,11-18,20,23,33,35H,2,5,10,19,21-22H2,1,3-4H3. The second-order valence-corrected chi connectivity index (χ2v) is 9.92. The molecule has 182 valence electrons. The van der Waals surface area contributed by atoms with Crippen molar-refractivity contribution in [2.45, 2.75) is 46.0 Å². The highest BCUT2D eigenvalue weighted by molar-refractivity contribution is 5.90. The highest BCUT2D eigenvalue weighted by Gasteiger charge is 2.26. The van der Waals surface area contributed by atoms with E-state index in [0.717, 1.165) is 43.6 Å². The van der Waals surface area contributed by atoms with Gasteiger partial charge in [-0.3, -0.25) is 0 Å². The molecular weight excluding hydrogens is 436 g/mol. The van der Waals surface area contributed by atoms with E-state index in [4.69, 9.17) is 0 Å². The molecule has 0 amide bonds. The fourth-order valence-corrected chi connectivity index (χ4v) is 5.81. The lowest BCUT2D eigenvalue weighted by Gasteiger charge is -2.28. The number of aromatic amines is 1. The van der Waals surface area contributed by atoms with Crippen molar-refractivity contribution in [2.75, 3.05) is 13.1 Å². The molecule has 1 unspecified atom stereocenters. The quantitative estimate of drug-likeness (QED) is 0.221. The molecule has 5 rings (SSSR count). The summed E-state index contributed by atoms with van der Waals surface area (Å²) in [6.07, 6.45) is 7.59. The van der Waals surface area contributed by atoms with Crippen LogP contribution in [0.1, 0.15) is 59.1 Å². The van der Waals surface area contributed by atoms with Crippen LogP contribution in [-0.2, 0) is 6.42 Å². The number of rotatable bonds is 6. The van der Waals surface area contributed by atoms with Crippen molar-refractivity contribution < 1.29 is 0 Å². The molecule has 0 radical (unpaired) electrons. The first-order valence-corrected chi connectivity index (χ1v) is 13.2. The molecule has 3 aromatic carbocycles. The van der Waals surface area contributed by atoms with Crippen molar-refractivity contribution >= 4 is 16.6 Å². The topological polar surface area (TPSA) is 19.0 Å². The Morgan fingerprint density at radius 3 is 2.67 bits per heavy atom. The van der Waals surface area contributed by atoms with E-state index < -0.39 is 0 Å². The van der Waals surface area contributed by atoms with E-state index in [1.54, 1.807) is 0 Å². The van der Waals surface area contributed by atoms with E-state index in [-0.39, 0.29) is 5.92 Å². The van der Waals surface area contributed by atoms with Gasteiger partial charge in [-0.1, -0.05) is 91.4 Å². The van der Waals surface area contributed by atoms with Gasteiger partial charge in [-0.2, -0.15) is 0 Å². The van der Waals surface area contributed by atoms with Crippen LogP contribution in [0.2, 0.25) is 0 Å². The van der Waals surface area contributed by atoms with Gasteiger partial charge in [0.2, 0.25) is 0 Å². The van der Waals surface area contributed by atoms with Crippen LogP contribution < -0.4 is 0 Å². The summed E-state index contributed by atoms with van der Waals surface area (Å²) in [6.45, 7) is 12.8. The summed E-state index contributed by atoms with van der Waals surface area (Å²) in [4.78, 5) is 5.89. The minimum Gasteiger partial charge on any atom is -0.364 e. The lowest BCUT2D eigenvalue weighted by molar-refractivity contribution is 0.416. The summed E-state index contributed by atoms with van der Waals surface area (Å²) in [5.74, 6) is 0.281. The monoisotopic (exact) mass is 472 g/mol. The molecule has 2 nitrogen and oxygen atoms in total. The number of hydrogen-bond acceptors (Lipinski definition) is 1. The van der Waals surface area contributed by atoms with E-state index in [1.165, 1.54) is 44.3 Å². The molecule has 1 N–H and O–H groups in total. The van der Waals surface area contributed by atoms with Gasteiger partial charge in [0, 0.05) is 36.2 Å². The number of nitrogens with one attached hydrogen (secondary N) is 1. The number of fused-ring (bicyclic) bond motifs is 1. The predicted octanol–water partition coefficient (Wildman–Crippen LogP) is 8.33. The van der Waals surface area contributed by atoms with Gasteiger partial charge in [0.25, 0.3) is 0 Å². The second-order valence-electron chi connectivity index (χ2n) is 9.92. The first-order valence-electron chi connectivity index (χ1n) is 13.2. The maximum atomic E-state index is 4.09. The Kier molecular flexibility index (Phi) is 6.98. The number of aryl methyl sites for hydroxylation is 3. The lowest BCUT2D eigenvalue weighted by Crippen LogP contribution is -2.23. The van der Waals surface area contributed by atoms with Crippen LogP contribution in [0.3, 0.4) is 0 Å². The van der Waals surface area contributed by atoms with Gasteiger partial charge in [-0.15, -0.1) is 5.73 Å². The Balaban J connectivity index is 1.51. The number of aromatic nitrogens is 1. The lowest BCUT2D eigenvalue weighted by atomic mass is 9.78. The van der Waals surface area contributed by atoms with Gasteiger partial charge in [0.15, 0.2) is 0 Å². The maximum absolute atomic E-state index is 4.09. The second kappa shape index (κ2) is 10.5. The number of benzene rings is 3. The molecule has 1 atom stereocenters. The highest BCUT2D eigenvalue weighted by Crippen LogP contribution is 2.39. The van der Waals surface area contributed by atoms with Crippen LogP contribution in [-0.4, -0.2) is 23.0 Å². The molecule has 0 spiro atoms. The molecule has 0 saturated heterocycles. The zero-order valence-electron chi connectivity index (χ0n) is 21.8. The maximum Gasteiger partial charge on any atom is 0.0888 e. The largest absolute Gasteiger partial charge is 0.364 e. The number of para-hydroxylation sites is 1. The summed E-state index contributed by atoms with van der Waals surface area (Å²) < 4.78 is 0. The van der Waals surface area contributed by atoms with E-state index >= 15 is 0 Å². The average molecular weight is 473 g/mol. The van der Waals surface area contributed by atoms with E-state index in [2.05, 4.69) is 116 Å².